The first-order valence-electron chi connectivity index (χ1n) is 5.73. The number of nitrogens with one attached hydrogen (secondary N) is 2. The van der Waals surface area contributed by atoms with E-state index in [1.54, 1.807) is 18.3 Å². The molecule has 0 spiro atoms. The molecule has 2 N–H and O–H groups in total. The van der Waals surface area contributed by atoms with Gasteiger partial charge in [0.15, 0.2) is 0 Å². The van der Waals surface area contributed by atoms with Crippen LogP contribution in [0.25, 0.3) is 0 Å². The topological polar surface area (TPSA) is 40.7 Å². The molecule has 3 nitrogen and oxygen atoms in total. The molecular formula is C13H15F2N3. The van der Waals surface area contributed by atoms with Gasteiger partial charge in [0.05, 0.1) is 6.20 Å². The second kappa shape index (κ2) is 5.73. The number of benzene rings is 1. The van der Waals surface area contributed by atoms with Crippen molar-refractivity contribution in [1.29, 1.82) is 0 Å². The molecule has 0 amide bonds. The first kappa shape index (κ1) is 12.7. The fourth-order valence-corrected chi connectivity index (χ4v) is 1.68. The molecule has 0 unspecified atom stereocenters. The van der Waals surface area contributed by atoms with E-state index in [1.807, 2.05) is 6.92 Å². The third-order valence-corrected chi connectivity index (χ3v) is 2.81. The number of aryl methyl sites for hydroxylation is 1. The Labute approximate surface area is 104 Å². The van der Waals surface area contributed by atoms with E-state index in [0.717, 1.165) is 16.8 Å². The largest absolute Gasteiger partial charge is 0.308 e. The Hall–Kier alpha value is -1.75. The fourth-order valence-electron chi connectivity index (χ4n) is 1.68. The summed E-state index contributed by atoms with van der Waals surface area (Å²) in [6.07, 6.45) is -0.622. The highest BCUT2D eigenvalue weighted by Gasteiger charge is 2.05. The standard InChI is InChI=1S/C13H15F2N3/c1-9-12(8-17-18-9)7-16-6-10-2-4-11(5-3-10)13(14)15/h2-5,8,13,16H,6-7H2,1H3,(H,17,18). The molecule has 96 valence electrons. The zero-order valence-electron chi connectivity index (χ0n) is 10.1. The van der Waals surface area contributed by atoms with Gasteiger partial charge < -0.3 is 5.32 Å². The molecule has 1 aromatic carbocycles. The average Bonchev–Trinajstić information content (AvgIpc) is 2.76. The Morgan fingerprint density at radius 1 is 1.22 bits per heavy atom. The molecule has 0 saturated carbocycles. The van der Waals surface area contributed by atoms with Crippen molar-refractivity contribution in [3.8, 4) is 0 Å². The van der Waals surface area contributed by atoms with Crippen molar-refractivity contribution in [2.24, 2.45) is 0 Å². The highest BCUT2D eigenvalue weighted by molar-refractivity contribution is 5.23. The molecule has 0 fully saturated rings. The lowest BCUT2D eigenvalue weighted by Gasteiger charge is -2.05. The maximum absolute atomic E-state index is 12.4. The van der Waals surface area contributed by atoms with E-state index < -0.39 is 6.43 Å². The molecule has 2 rings (SSSR count). The first-order chi connectivity index (χ1) is 8.66. The number of nitrogens with zero attached hydrogens (tertiary/aromatic N) is 1. The molecule has 0 radical (unpaired) electrons. The molecule has 0 bridgehead atoms. The molecule has 18 heavy (non-hydrogen) atoms. The van der Waals surface area contributed by atoms with Crippen LogP contribution in [0.2, 0.25) is 0 Å². The summed E-state index contributed by atoms with van der Waals surface area (Å²) in [5.41, 5.74) is 3.19. The highest BCUT2D eigenvalue weighted by atomic mass is 19.3. The molecule has 0 aliphatic rings. The van der Waals surface area contributed by atoms with Crippen molar-refractivity contribution in [3.63, 3.8) is 0 Å². The van der Waals surface area contributed by atoms with Crippen LogP contribution < -0.4 is 5.32 Å². The summed E-state index contributed by atoms with van der Waals surface area (Å²) in [6.45, 7) is 3.31. The van der Waals surface area contributed by atoms with Crippen LogP contribution in [-0.2, 0) is 13.1 Å². The fraction of sp³-hybridized carbons (Fsp3) is 0.308. The van der Waals surface area contributed by atoms with E-state index in [-0.39, 0.29) is 5.56 Å². The number of alkyl halides is 2. The van der Waals surface area contributed by atoms with Crippen molar-refractivity contribution in [3.05, 3.63) is 52.8 Å². The maximum Gasteiger partial charge on any atom is 0.263 e. The quantitative estimate of drug-likeness (QED) is 0.857. The summed E-state index contributed by atoms with van der Waals surface area (Å²) in [5.74, 6) is 0. The number of aromatic nitrogens is 2. The number of hydrogen-bond donors (Lipinski definition) is 2. The van der Waals surface area contributed by atoms with Crippen LogP contribution in [0, 0.1) is 6.92 Å². The highest BCUT2D eigenvalue weighted by Crippen LogP contribution is 2.18. The number of halogens is 2. The van der Waals surface area contributed by atoms with Gasteiger partial charge >= 0.3 is 0 Å². The summed E-state index contributed by atoms with van der Waals surface area (Å²) in [6, 6.07) is 6.36. The van der Waals surface area contributed by atoms with Crippen LogP contribution in [0.1, 0.15) is 28.8 Å². The minimum absolute atomic E-state index is 0.0597. The lowest BCUT2D eigenvalue weighted by atomic mass is 10.1. The predicted molar refractivity (Wildman–Crippen MR) is 65.3 cm³/mol. The second-order valence-corrected chi connectivity index (χ2v) is 4.17. The van der Waals surface area contributed by atoms with Crippen LogP contribution in [0.4, 0.5) is 8.78 Å². The second-order valence-electron chi connectivity index (χ2n) is 4.17. The molecule has 0 saturated heterocycles. The van der Waals surface area contributed by atoms with E-state index >= 15 is 0 Å². The summed E-state index contributed by atoms with van der Waals surface area (Å²) in [7, 11) is 0. The van der Waals surface area contributed by atoms with E-state index in [2.05, 4.69) is 15.5 Å². The monoisotopic (exact) mass is 251 g/mol. The number of hydrogen-bond acceptors (Lipinski definition) is 2. The van der Waals surface area contributed by atoms with Crippen molar-refractivity contribution >= 4 is 0 Å². The van der Waals surface area contributed by atoms with Gasteiger partial charge in [-0.3, -0.25) is 5.10 Å². The Balaban J connectivity index is 1.85. The van der Waals surface area contributed by atoms with Crippen LogP contribution in [-0.4, -0.2) is 10.2 Å². The third-order valence-electron chi connectivity index (χ3n) is 2.81. The molecule has 5 heteroatoms. The molecule has 0 aliphatic heterocycles. The van der Waals surface area contributed by atoms with Crippen molar-refractivity contribution in [2.45, 2.75) is 26.4 Å². The Bertz CT molecular complexity index is 491. The Morgan fingerprint density at radius 2 is 1.94 bits per heavy atom. The van der Waals surface area contributed by atoms with Gasteiger partial charge in [0, 0.05) is 29.9 Å². The molecule has 1 heterocycles. The van der Waals surface area contributed by atoms with Crippen molar-refractivity contribution < 1.29 is 8.78 Å². The summed E-state index contributed by atoms with van der Waals surface area (Å²) in [5, 5.41) is 10.0. The van der Waals surface area contributed by atoms with Crippen LogP contribution in [0.3, 0.4) is 0 Å². The van der Waals surface area contributed by atoms with Gasteiger partial charge in [0.25, 0.3) is 6.43 Å². The Morgan fingerprint density at radius 3 is 2.50 bits per heavy atom. The zero-order chi connectivity index (χ0) is 13.0. The Kier molecular flexibility index (Phi) is 4.04. The lowest BCUT2D eigenvalue weighted by molar-refractivity contribution is 0.151. The number of rotatable bonds is 5. The van der Waals surface area contributed by atoms with E-state index in [9.17, 15) is 8.78 Å². The first-order valence-corrected chi connectivity index (χ1v) is 5.73. The zero-order valence-corrected chi connectivity index (χ0v) is 10.1. The minimum atomic E-state index is -2.40. The van der Waals surface area contributed by atoms with E-state index in [1.165, 1.54) is 12.1 Å². The lowest BCUT2D eigenvalue weighted by Crippen LogP contribution is -2.12. The van der Waals surface area contributed by atoms with Gasteiger partial charge in [0.1, 0.15) is 0 Å². The number of H-pyrrole nitrogens is 1. The summed E-state index contributed by atoms with van der Waals surface area (Å²) in [4.78, 5) is 0. The van der Waals surface area contributed by atoms with Crippen LogP contribution in [0.15, 0.2) is 30.5 Å². The van der Waals surface area contributed by atoms with Crippen molar-refractivity contribution in [2.75, 3.05) is 0 Å². The van der Waals surface area contributed by atoms with E-state index in [0.29, 0.717) is 13.1 Å². The predicted octanol–water partition coefficient (Wildman–Crippen LogP) is 2.95. The van der Waals surface area contributed by atoms with E-state index in [4.69, 9.17) is 0 Å². The maximum atomic E-state index is 12.4. The van der Waals surface area contributed by atoms with Gasteiger partial charge in [-0.15, -0.1) is 0 Å². The smallest absolute Gasteiger partial charge is 0.263 e. The summed E-state index contributed by atoms with van der Waals surface area (Å²) >= 11 is 0. The molecule has 1 aromatic heterocycles. The average molecular weight is 251 g/mol. The van der Waals surface area contributed by atoms with Gasteiger partial charge in [-0.25, -0.2) is 8.78 Å². The summed E-state index contributed by atoms with van der Waals surface area (Å²) < 4.78 is 24.7. The number of aromatic amines is 1. The van der Waals surface area contributed by atoms with Crippen molar-refractivity contribution in [1.82, 2.24) is 15.5 Å². The normalized spacial score (nSPS) is 11.1. The minimum Gasteiger partial charge on any atom is -0.308 e. The van der Waals surface area contributed by atoms with Gasteiger partial charge in [-0.2, -0.15) is 5.10 Å². The third kappa shape index (κ3) is 3.13. The van der Waals surface area contributed by atoms with Gasteiger partial charge in [-0.05, 0) is 12.5 Å². The van der Waals surface area contributed by atoms with Crippen LogP contribution in [0.5, 0.6) is 0 Å². The molecular weight excluding hydrogens is 236 g/mol. The van der Waals surface area contributed by atoms with Gasteiger partial charge in [-0.1, -0.05) is 24.3 Å². The van der Waals surface area contributed by atoms with Crippen LogP contribution >= 0.6 is 0 Å². The van der Waals surface area contributed by atoms with Gasteiger partial charge in [0.2, 0.25) is 0 Å². The molecule has 2 aromatic rings. The molecule has 0 aliphatic carbocycles. The SMILES string of the molecule is Cc1[nH]ncc1CNCc1ccc(C(F)F)cc1. The molecule has 0 atom stereocenters.